The number of ether oxygens (including phenoxy) is 1. The van der Waals surface area contributed by atoms with E-state index in [0.717, 1.165) is 18.4 Å². The SMILES string of the molecule is Cc1ccc(Cl)cc1S(=O)(=O)NC(c1cccnc1)C1CCOCC1. The third kappa shape index (κ3) is 4.39. The summed E-state index contributed by atoms with van der Waals surface area (Å²) in [7, 11) is -3.71. The Hall–Kier alpha value is -1.47. The third-order valence-corrected chi connectivity index (χ3v) is 6.32. The number of rotatable bonds is 5. The average molecular weight is 381 g/mol. The molecule has 1 aromatic carbocycles. The molecule has 5 nitrogen and oxygen atoms in total. The van der Waals surface area contributed by atoms with Crippen molar-refractivity contribution in [2.75, 3.05) is 13.2 Å². The number of nitrogens with one attached hydrogen (secondary N) is 1. The number of pyridine rings is 1. The zero-order valence-electron chi connectivity index (χ0n) is 14.0. The summed E-state index contributed by atoms with van der Waals surface area (Å²) in [5, 5.41) is 0.398. The van der Waals surface area contributed by atoms with Crippen LogP contribution < -0.4 is 4.72 Å². The van der Waals surface area contributed by atoms with Crippen LogP contribution in [0.15, 0.2) is 47.6 Å². The molecule has 0 saturated carbocycles. The summed E-state index contributed by atoms with van der Waals surface area (Å²) in [5.41, 5.74) is 1.52. The molecule has 1 aliphatic heterocycles. The van der Waals surface area contributed by atoms with E-state index in [1.807, 2.05) is 12.1 Å². The van der Waals surface area contributed by atoms with Gasteiger partial charge in [-0.2, -0.15) is 0 Å². The fourth-order valence-electron chi connectivity index (χ4n) is 3.14. The van der Waals surface area contributed by atoms with Gasteiger partial charge < -0.3 is 4.74 Å². The molecule has 1 aromatic heterocycles. The first-order valence-corrected chi connectivity index (χ1v) is 10.1. The Bertz CT molecular complexity index is 821. The molecule has 2 aromatic rings. The van der Waals surface area contributed by atoms with E-state index in [9.17, 15) is 8.42 Å². The van der Waals surface area contributed by atoms with Crippen LogP contribution in [0.1, 0.15) is 30.0 Å². The maximum Gasteiger partial charge on any atom is 0.241 e. The second-order valence-electron chi connectivity index (χ2n) is 6.24. The molecule has 0 spiro atoms. The summed E-state index contributed by atoms with van der Waals surface area (Å²) in [6.45, 7) is 3.04. The summed E-state index contributed by atoms with van der Waals surface area (Å²) in [5.74, 6) is 0.159. The van der Waals surface area contributed by atoms with E-state index in [2.05, 4.69) is 9.71 Å². The van der Waals surface area contributed by atoms with Gasteiger partial charge >= 0.3 is 0 Å². The summed E-state index contributed by atoms with van der Waals surface area (Å²) < 4.78 is 34.3. The van der Waals surface area contributed by atoms with Gasteiger partial charge in [-0.15, -0.1) is 0 Å². The molecule has 25 heavy (non-hydrogen) atoms. The van der Waals surface area contributed by atoms with Crippen molar-refractivity contribution in [1.29, 1.82) is 0 Å². The third-order valence-electron chi connectivity index (χ3n) is 4.50. The second-order valence-corrected chi connectivity index (χ2v) is 8.36. The van der Waals surface area contributed by atoms with Crippen molar-refractivity contribution in [3.8, 4) is 0 Å². The smallest absolute Gasteiger partial charge is 0.241 e. The summed E-state index contributed by atoms with van der Waals surface area (Å²) >= 11 is 6.01. The van der Waals surface area contributed by atoms with Crippen LogP contribution in [-0.4, -0.2) is 26.6 Å². The van der Waals surface area contributed by atoms with Crippen LogP contribution in [0.3, 0.4) is 0 Å². The zero-order valence-corrected chi connectivity index (χ0v) is 15.6. The summed E-state index contributed by atoms with van der Waals surface area (Å²) in [4.78, 5) is 4.36. The maximum absolute atomic E-state index is 13.0. The minimum absolute atomic E-state index is 0.159. The van der Waals surface area contributed by atoms with E-state index in [1.54, 1.807) is 31.5 Å². The first kappa shape index (κ1) is 18.3. The highest BCUT2D eigenvalue weighted by molar-refractivity contribution is 7.89. The summed E-state index contributed by atoms with van der Waals surface area (Å²) in [6, 6.07) is 8.27. The molecule has 2 heterocycles. The van der Waals surface area contributed by atoms with Crippen LogP contribution in [0, 0.1) is 12.8 Å². The van der Waals surface area contributed by atoms with E-state index >= 15 is 0 Å². The van der Waals surface area contributed by atoms with Crippen molar-refractivity contribution in [2.24, 2.45) is 5.92 Å². The van der Waals surface area contributed by atoms with Gasteiger partial charge in [-0.1, -0.05) is 23.7 Å². The monoisotopic (exact) mass is 380 g/mol. The molecule has 0 bridgehead atoms. The number of benzene rings is 1. The van der Waals surface area contributed by atoms with Gasteiger partial charge in [0.05, 0.1) is 10.9 Å². The van der Waals surface area contributed by atoms with Crippen LogP contribution in [0.2, 0.25) is 5.02 Å². The molecule has 1 aliphatic rings. The number of aromatic nitrogens is 1. The molecule has 1 atom stereocenters. The fraction of sp³-hybridized carbons (Fsp3) is 0.389. The molecule has 134 valence electrons. The van der Waals surface area contributed by atoms with Crippen LogP contribution in [0.4, 0.5) is 0 Å². The maximum atomic E-state index is 13.0. The molecule has 7 heteroatoms. The van der Waals surface area contributed by atoms with Gasteiger partial charge in [0, 0.05) is 30.6 Å². The van der Waals surface area contributed by atoms with Gasteiger partial charge in [-0.3, -0.25) is 4.98 Å². The molecule has 3 rings (SSSR count). The zero-order chi connectivity index (χ0) is 17.9. The molecule has 0 radical (unpaired) electrons. The van der Waals surface area contributed by atoms with Gasteiger partial charge in [-0.05, 0) is 55.0 Å². The number of aryl methyl sites for hydroxylation is 1. The van der Waals surface area contributed by atoms with Crippen molar-refractivity contribution in [3.05, 3.63) is 58.9 Å². The van der Waals surface area contributed by atoms with Gasteiger partial charge in [0.1, 0.15) is 0 Å². The van der Waals surface area contributed by atoms with Gasteiger partial charge in [0.15, 0.2) is 0 Å². The number of halogens is 1. The average Bonchev–Trinajstić information content (AvgIpc) is 2.63. The topological polar surface area (TPSA) is 68.3 Å². The normalized spacial score (nSPS) is 17.4. The lowest BCUT2D eigenvalue weighted by atomic mass is 9.88. The second kappa shape index (κ2) is 7.83. The van der Waals surface area contributed by atoms with E-state index in [1.165, 1.54) is 6.07 Å². The van der Waals surface area contributed by atoms with Crippen molar-refractivity contribution >= 4 is 21.6 Å². The summed E-state index contributed by atoms with van der Waals surface area (Å²) in [6.07, 6.45) is 5.00. The van der Waals surface area contributed by atoms with Crippen molar-refractivity contribution < 1.29 is 13.2 Å². The molecular weight excluding hydrogens is 360 g/mol. The van der Waals surface area contributed by atoms with Gasteiger partial charge in [0.25, 0.3) is 0 Å². The Labute approximate surface area is 153 Å². The van der Waals surface area contributed by atoms with E-state index < -0.39 is 10.0 Å². The predicted octanol–water partition coefficient (Wildman–Crippen LogP) is 3.49. The predicted molar refractivity (Wildman–Crippen MR) is 97.0 cm³/mol. The molecule has 1 N–H and O–H groups in total. The Balaban J connectivity index is 1.95. The van der Waals surface area contributed by atoms with Crippen molar-refractivity contribution in [1.82, 2.24) is 9.71 Å². The van der Waals surface area contributed by atoms with E-state index in [-0.39, 0.29) is 16.9 Å². The van der Waals surface area contributed by atoms with Crippen LogP contribution in [0.25, 0.3) is 0 Å². The minimum Gasteiger partial charge on any atom is -0.381 e. The largest absolute Gasteiger partial charge is 0.381 e. The number of nitrogens with zero attached hydrogens (tertiary/aromatic N) is 1. The highest BCUT2D eigenvalue weighted by Crippen LogP contribution is 2.32. The first-order chi connectivity index (χ1) is 12.0. The Morgan fingerprint density at radius 1 is 1.28 bits per heavy atom. The Morgan fingerprint density at radius 3 is 2.72 bits per heavy atom. The highest BCUT2D eigenvalue weighted by Gasteiger charge is 2.30. The number of sulfonamides is 1. The van der Waals surface area contributed by atoms with Crippen molar-refractivity contribution in [3.63, 3.8) is 0 Å². The minimum atomic E-state index is -3.71. The molecular formula is C18H21ClN2O3S. The standard InChI is InChI=1S/C18H21ClN2O3S/c1-13-4-5-16(19)11-17(13)25(22,23)21-18(14-6-9-24-10-7-14)15-3-2-8-20-12-15/h2-5,8,11-12,14,18,21H,6-7,9-10H2,1H3. The van der Waals surface area contributed by atoms with Gasteiger partial charge in [0.2, 0.25) is 10.0 Å². The van der Waals surface area contributed by atoms with Crippen molar-refractivity contribution in [2.45, 2.75) is 30.7 Å². The van der Waals surface area contributed by atoms with Crippen LogP contribution >= 0.6 is 11.6 Å². The molecule has 0 aliphatic carbocycles. The lowest BCUT2D eigenvalue weighted by Gasteiger charge is -2.31. The Morgan fingerprint density at radius 2 is 2.04 bits per heavy atom. The molecule has 1 saturated heterocycles. The number of hydrogen-bond donors (Lipinski definition) is 1. The first-order valence-electron chi connectivity index (χ1n) is 8.23. The van der Waals surface area contributed by atoms with E-state index in [4.69, 9.17) is 16.3 Å². The fourth-order valence-corrected chi connectivity index (χ4v) is 4.94. The Kier molecular flexibility index (Phi) is 5.74. The number of hydrogen-bond acceptors (Lipinski definition) is 4. The van der Waals surface area contributed by atoms with Crippen LogP contribution in [-0.2, 0) is 14.8 Å². The lowest BCUT2D eigenvalue weighted by Crippen LogP contribution is -2.36. The van der Waals surface area contributed by atoms with E-state index in [0.29, 0.717) is 23.8 Å². The molecule has 1 fully saturated rings. The quantitative estimate of drug-likeness (QED) is 0.862. The van der Waals surface area contributed by atoms with Gasteiger partial charge in [-0.25, -0.2) is 13.1 Å². The lowest BCUT2D eigenvalue weighted by molar-refractivity contribution is 0.0564. The molecule has 1 unspecified atom stereocenters. The van der Waals surface area contributed by atoms with Crippen LogP contribution in [0.5, 0.6) is 0 Å². The molecule has 0 amide bonds. The highest BCUT2D eigenvalue weighted by atomic mass is 35.5.